The van der Waals surface area contributed by atoms with Gasteiger partial charge in [0.05, 0.1) is 12.2 Å². The van der Waals surface area contributed by atoms with Gasteiger partial charge in [0, 0.05) is 26.2 Å². The molecule has 1 amide bonds. The first-order chi connectivity index (χ1) is 10.3. The lowest BCUT2D eigenvalue weighted by molar-refractivity contribution is -0.129. The summed E-state index contributed by atoms with van der Waals surface area (Å²) < 4.78 is 1.57. The van der Waals surface area contributed by atoms with Gasteiger partial charge in [-0.1, -0.05) is 23.3 Å². The third kappa shape index (κ3) is 3.16. The van der Waals surface area contributed by atoms with Crippen LogP contribution in [0.1, 0.15) is 0 Å². The van der Waals surface area contributed by atoms with Crippen LogP contribution in [0, 0.1) is 0 Å². The van der Waals surface area contributed by atoms with Crippen molar-refractivity contribution in [2.24, 2.45) is 0 Å². The molecule has 110 valence electrons. The van der Waals surface area contributed by atoms with E-state index in [1.165, 1.54) is 0 Å². The highest BCUT2D eigenvalue weighted by molar-refractivity contribution is 5.80. The number of carbonyl (C=O) groups excluding carboxylic acids is 1. The van der Waals surface area contributed by atoms with E-state index >= 15 is 0 Å². The highest BCUT2D eigenvalue weighted by Gasteiger charge is 2.17. The summed E-state index contributed by atoms with van der Waals surface area (Å²) in [6.07, 6.45) is 0. The Morgan fingerprint density at radius 2 is 2.00 bits per heavy atom. The first kappa shape index (κ1) is 13.5. The van der Waals surface area contributed by atoms with Crippen LogP contribution >= 0.6 is 0 Å². The summed E-state index contributed by atoms with van der Waals surface area (Å²) in [5.41, 5.74) is 0.847. The molecule has 0 unspecified atom stereocenters. The molecule has 0 aliphatic carbocycles. The number of hydrogen-bond donors (Lipinski definition) is 2. The topological polar surface area (TPSA) is 88.0 Å². The molecule has 0 atom stereocenters. The monoisotopic (exact) mass is 287 g/mol. The molecule has 21 heavy (non-hydrogen) atoms. The Hall–Kier alpha value is -2.48. The maximum absolute atomic E-state index is 12.1. The van der Waals surface area contributed by atoms with Crippen molar-refractivity contribution < 1.29 is 4.79 Å². The smallest absolute Gasteiger partial charge is 0.248 e. The molecule has 0 radical (unpaired) electrons. The number of amides is 1. The third-order valence-corrected chi connectivity index (χ3v) is 3.34. The van der Waals surface area contributed by atoms with E-state index in [1.54, 1.807) is 4.68 Å². The normalized spacial score (nSPS) is 15.0. The van der Waals surface area contributed by atoms with Crippen LogP contribution in [-0.4, -0.2) is 63.7 Å². The van der Waals surface area contributed by atoms with Crippen molar-refractivity contribution in [3.05, 3.63) is 30.3 Å². The number of hydrogen-bond acceptors (Lipinski definition) is 6. The summed E-state index contributed by atoms with van der Waals surface area (Å²) in [5.74, 6) is 0.517. The number of piperazine rings is 1. The molecule has 0 saturated carbocycles. The molecule has 1 aromatic heterocycles. The second-order valence-corrected chi connectivity index (χ2v) is 4.73. The quantitative estimate of drug-likeness (QED) is 0.788. The fraction of sp³-hybridized carbons (Fsp3) is 0.385. The summed E-state index contributed by atoms with van der Waals surface area (Å²) in [7, 11) is 0. The Balaban J connectivity index is 1.63. The maximum Gasteiger partial charge on any atom is 0.248 e. The number of para-hydroxylation sites is 1. The zero-order valence-electron chi connectivity index (χ0n) is 11.6. The summed E-state index contributed by atoms with van der Waals surface area (Å²) in [6, 6.07) is 9.55. The zero-order valence-corrected chi connectivity index (χ0v) is 11.6. The van der Waals surface area contributed by atoms with Gasteiger partial charge in [-0.25, -0.2) is 0 Å². The average molecular weight is 287 g/mol. The highest BCUT2D eigenvalue weighted by atomic mass is 16.2. The lowest BCUT2D eigenvalue weighted by Gasteiger charge is -2.27. The number of rotatable bonds is 4. The number of anilines is 1. The van der Waals surface area contributed by atoms with E-state index in [2.05, 4.69) is 26.2 Å². The van der Waals surface area contributed by atoms with Gasteiger partial charge < -0.3 is 15.5 Å². The van der Waals surface area contributed by atoms with E-state index < -0.39 is 0 Å². The number of tetrazole rings is 1. The Kier molecular flexibility index (Phi) is 4.06. The van der Waals surface area contributed by atoms with Crippen LogP contribution in [-0.2, 0) is 4.79 Å². The fourth-order valence-electron chi connectivity index (χ4n) is 2.22. The number of carbonyl (C=O) groups is 1. The minimum atomic E-state index is 0.0547. The predicted octanol–water partition coefficient (Wildman–Crippen LogP) is -0.494. The van der Waals surface area contributed by atoms with Crippen LogP contribution in [0.5, 0.6) is 0 Å². The number of nitrogens with one attached hydrogen (secondary N) is 2. The van der Waals surface area contributed by atoms with Crippen LogP contribution in [0.3, 0.4) is 0 Å². The molecule has 8 heteroatoms. The fourth-order valence-corrected chi connectivity index (χ4v) is 2.22. The van der Waals surface area contributed by atoms with Crippen LogP contribution in [0.4, 0.5) is 5.95 Å². The lowest BCUT2D eigenvalue weighted by Crippen LogP contribution is -2.48. The molecule has 1 aromatic carbocycles. The van der Waals surface area contributed by atoms with Crippen molar-refractivity contribution in [1.29, 1.82) is 0 Å². The van der Waals surface area contributed by atoms with Crippen molar-refractivity contribution in [2.45, 2.75) is 0 Å². The van der Waals surface area contributed by atoms with E-state index in [0.29, 0.717) is 5.95 Å². The predicted molar refractivity (Wildman–Crippen MR) is 77.1 cm³/mol. The standard InChI is InChI=1S/C13H17N7O/c21-12(19-8-6-14-7-9-19)10-15-13-16-17-18-20(13)11-4-2-1-3-5-11/h1-5,14H,6-10H2,(H,15,16,18). The molecule has 2 N–H and O–H groups in total. The first-order valence-electron chi connectivity index (χ1n) is 6.91. The van der Waals surface area contributed by atoms with E-state index in [0.717, 1.165) is 31.9 Å². The molecule has 0 bridgehead atoms. The van der Waals surface area contributed by atoms with Crippen LogP contribution < -0.4 is 10.6 Å². The summed E-state index contributed by atoms with van der Waals surface area (Å²) in [5, 5.41) is 17.7. The van der Waals surface area contributed by atoms with E-state index in [4.69, 9.17) is 0 Å². The molecule has 8 nitrogen and oxygen atoms in total. The van der Waals surface area contributed by atoms with Crippen molar-refractivity contribution >= 4 is 11.9 Å². The van der Waals surface area contributed by atoms with Gasteiger partial charge in [0.15, 0.2) is 0 Å². The van der Waals surface area contributed by atoms with Crippen LogP contribution in [0.15, 0.2) is 30.3 Å². The number of aromatic nitrogens is 4. The third-order valence-electron chi connectivity index (χ3n) is 3.34. The summed E-state index contributed by atoms with van der Waals surface area (Å²) in [6.45, 7) is 3.35. The van der Waals surface area contributed by atoms with E-state index in [-0.39, 0.29) is 12.5 Å². The molecule has 1 aliphatic heterocycles. The van der Waals surface area contributed by atoms with Crippen molar-refractivity contribution in [1.82, 2.24) is 30.4 Å². The van der Waals surface area contributed by atoms with Crippen LogP contribution in [0.25, 0.3) is 5.69 Å². The SMILES string of the molecule is O=C(CNc1nnnn1-c1ccccc1)N1CCNCC1. The molecule has 1 aliphatic rings. The van der Waals surface area contributed by atoms with Gasteiger partial charge >= 0.3 is 0 Å². The Labute approximate surface area is 122 Å². The molecule has 0 spiro atoms. The van der Waals surface area contributed by atoms with Gasteiger partial charge in [-0.2, -0.15) is 4.68 Å². The van der Waals surface area contributed by atoms with Gasteiger partial charge in [-0.15, -0.1) is 0 Å². The maximum atomic E-state index is 12.1. The second kappa shape index (κ2) is 6.31. The molecule has 2 heterocycles. The molecular formula is C13H17N7O. The van der Waals surface area contributed by atoms with E-state index in [9.17, 15) is 4.79 Å². The van der Waals surface area contributed by atoms with Gasteiger partial charge in [0.25, 0.3) is 0 Å². The van der Waals surface area contributed by atoms with Crippen molar-refractivity contribution in [3.8, 4) is 5.69 Å². The minimum Gasteiger partial charge on any atom is -0.344 e. The average Bonchev–Trinajstić information content (AvgIpc) is 3.03. The summed E-state index contributed by atoms with van der Waals surface area (Å²) >= 11 is 0. The Morgan fingerprint density at radius 3 is 2.76 bits per heavy atom. The van der Waals surface area contributed by atoms with Gasteiger partial charge in [-0.3, -0.25) is 4.79 Å². The Morgan fingerprint density at radius 1 is 1.24 bits per heavy atom. The molecule has 2 aromatic rings. The molecule has 1 saturated heterocycles. The van der Waals surface area contributed by atoms with Gasteiger partial charge in [0.1, 0.15) is 0 Å². The van der Waals surface area contributed by atoms with E-state index in [1.807, 2.05) is 35.2 Å². The second-order valence-electron chi connectivity index (χ2n) is 4.73. The summed E-state index contributed by atoms with van der Waals surface area (Å²) in [4.78, 5) is 13.9. The number of benzene rings is 1. The van der Waals surface area contributed by atoms with Gasteiger partial charge in [-0.05, 0) is 22.6 Å². The zero-order chi connectivity index (χ0) is 14.5. The number of nitrogens with zero attached hydrogens (tertiary/aromatic N) is 5. The first-order valence-corrected chi connectivity index (χ1v) is 6.91. The largest absolute Gasteiger partial charge is 0.344 e. The lowest BCUT2D eigenvalue weighted by atomic mass is 10.3. The van der Waals surface area contributed by atoms with Crippen molar-refractivity contribution in [3.63, 3.8) is 0 Å². The molecular weight excluding hydrogens is 270 g/mol. The Bertz CT molecular complexity index is 592. The molecule has 1 fully saturated rings. The van der Waals surface area contributed by atoms with Crippen molar-refractivity contribution in [2.75, 3.05) is 38.0 Å². The van der Waals surface area contributed by atoms with Gasteiger partial charge in [0.2, 0.25) is 11.9 Å². The highest BCUT2D eigenvalue weighted by Crippen LogP contribution is 2.10. The van der Waals surface area contributed by atoms with Crippen LogP contribution in [0.2, 0.25) is 0 Å². The molecule has 3 rings (SSSR count). The minimum absolute atomic E-state index is 0.0547.